The fourth-order valence-corrected chi connectivity index (χ4v) is 3.17. The first-order valence-electron chi connectivity index (χ1n) is 8.60. The van der Waals surface area contributed by atoms with Gasteiger partial charge in [0.15, 0.2) is 5.65 Å². The summed E-state index contributed by atoms with van der Waals surface area (Å²) in [7, 11) is 0. The Morgan fingerprint density at radius 3 is 2.68 bits per heavy atom. The van der Waals surface area contributed by atoms with E-state index in [0.29, 0.717) is 13.1 Å². The van der Waals surface area contributed by atoms with E-state index in [1.807, 2.05) is 37.0 Å². The maximum atomic E-state index is 10.7. The Morgan fingerprint density at radius 2 is 2.04 bits per heavy atom. The van der Waals surface area contributed by atoms with Crippen LogP contribution in [0.3, 0.4) is 0 Å². The minimum Gasteiger partial charge on any atom is -0.466 e. The van der Waals surface area contributed by atoms with Gasteiger partial charge in [0.1, 0.15) is 17.1 Å². The molecule has 3 aromatic heterocycles. The van der Waals surface area contributed by atoms with Crippen LogP contribution in [0, 0.1) is 13.8 Å². The molecule has 3 rings (SSSR count). The standard InChI is InChI=1S/C19H26N4O2/c1-12(2)23-18-16(10-22-23)7-15(9-21-18)8-20-11-19(5,24)17-6-13(3)25-14(17)4/h6-7,9-10,12,20,24H,8,11H2,1-5H3. The predicted octanol–water partition coefficient (Wildman–Crippen LogP) is 3.22. The number of fused-ring (bicyclic) bond motifs is 1. The smallest absolute Gasteiger partial charge is 0.157 e. The average molecular weight is 342 g/mol. The van der Waals surface area contributed by atoms with E-state index in [1.54, 1.807) is 6.92 Å². The van der Waals surface area contributed by atoms with E-state index in [4.69, 9.17) is 4.42 Å². The summed E-state index contributed by atoms with van der Waals surface area (Å²) in [6.45, 7) is 10.8. The fraction of sp³-hybridized carbons (Fsp3) is 0.474. The van der Waals surface area contributed by atoms with Crippen molar-refractivity contribution in [1.29, 1.82) is 0 Å². The zero-order valence-corrected chi connectivity index (χ0v) is 15.5. The molecule has 0 bridgehead atoms. The normalized spacial score (nSPS) is 14.4. The SMILES string of the molecule is Cc1cc(C(C)(O)CNCc2cnc3c(cnn3C(C)C)c2)c(C)o1. The highest BCUT2D eigenvalue weighted by atomic mass is 16.3. The Bertz CT molecular complexity index is 877. The number of aromatic nitrogens is 3. The molecule has 3 aromatic rings. The molecule has 6 nitrogen and oxygen atoms in total. The van der Waals surface area contributed by atoms with Gasteiger partial charge in [-0.1, -0.05) is 0 Å². The maximum Gasteiger partial charge on any atom is 0.157 e. The maximum absolute atomic E-state index is 10.7. The van der Waals surface area contributed by atoms with Gasteiger partial charge in [0.05, 0.1) is 6.20 Å². The lowest BCUT2D eigenvalue weighted by molar-refractivity contribution is 0.0552. The van der Waals surface area contributed by atoms with E-state index < -0.39 is 5.60 Å². The zero-order chi connectivity index (χ0) is 18.2. The first kappa shape index (κ1) is 17.6. The number of furan rings is 1. The second kappa shape index (κ2) is 6.61. The van der Waals surface area contributed by atoms with Crippen LogP contribution in [-0.2, 0) is 12.1 Å². The van der Waals surface area contributed by atoms with Gasteiger partial charge >= 0.3 is 0 Å². The van der Waals surface area contributed by atoms with Gasteiger partial charge in [0.25, 0.3) is 0 Å². The number of nitrogens with one attached hydrogen (secondary N) is 1. The summed E-state index contributed by atoms with van der Waals surface area (Å²) < 4.78 is 7.45. The van der Waals surface area contributed by atoms with Gasteiger partial charge in [-0.3, -0.25) is 0 Å². The second-order valence-corrected chi connectivity index (χ2v) is 7.14. The van der Waals surface area contributed by atoms with Crippen molar-refractivity contribution in [3.8, 4) is 0 Å². The highest BCUT2D eigenvalue weighted by molar-refractivity contribution is 5.75. The number of hydrogen-bond acceptors (Lipinski definition) is 5. The molecule has 3 heterocycles. The molecule has 2 N–H and O–H groups in total. The van der Waals surface area contributed by atoms with E-state index in [0.717, 1.165) is 33.7 Å². The van der Waals surface area contributed by atoms with Crippen LogP contribution in [0.25, 0.3) is 11.0 Å². The van der Waals surface area contributed by atoms with E-state index in [1.165, 1.54) is 0 Å². The molecule has 1 unspecified atom stereocenters. The van der Waals surface area contributed by atoms with Crippen molar-refractivity contribution in [3.05, 3.63) is 47.2 Å². The largest absolute Gasteiger partial charge is 0.466 e. The summed E-state index contributed by atoms with van der Waals surface area (Å²) in [6.07, 6.45) is 3.71. The van der Waals surface area contributed by atoms with Crippen molar-refractivity contribution in [3.63, 3.8) is 0 Å². The minimum absolute atomic E-state index is 0.283. The van der Waals surface area contributed by atoms with Gasteiger partial charge in [-0.2, -0.15) is 5.10 Å². The Labute approximate surface area is 147 Å². The van der Waals surface area contributed by atoms with Gasteiger partial charge < -0.3 is 14.8 Å². The van der Waals surface area contributed by atoms with Crippen LogP contribution in [0.15, 0.2) is 28.9 Å². The summed E-state index contributed by atoms with van der Waals surface area (Å²) in [4.78, 5) is 4.54. The number of hydrogen-bond donors (Lipinski definition) is 2. The van der Waals surface area contributed by atoms with Gasteiger partial charge in [-0.25, -0.2) is 9.67 Å². The Balaban J connectivity index is 1.67. The van der Waals surface area contributed by atoms with Crippen molar-refractivity contribution in [2.24, 2.45) is 0 Å². The molecule has 1 atom stereocenters. The molecule has 134 valence electrons. The van der Waals surface area contributed by atoms with Gasteiger partial charge in [-0.15, -0.1) is 0 Å². The number of aliphatic hydroxyl groups is 1. The lowest BCUT2D eigenvalue weighted by Crippen LogP contribution is -2.35. The van der Waals surface area contributed by atoms with Gasteiger partial charge in [0.2, 0.25) is 0 Å². The van der Waals surface area contributed by atoms with E-state index >= 15 is 0 Å². The van der Waals surface area contributed by atoms with Crippen LogP contribution >= 0.6 is 0 Å². The molecule has 0 aliphatic carbocycles. The van der Waals surface area contributed by atoms with E-state index in [9.17, 15) is 5.11 Å². The number of rotatable bonds is 6. The first-order valence-corrected chi connectivity index (χ1v) is 8.60. The molecule has 0 aromatic carbocycles. The quantitative estimate of drug-likeness (QED) is 0.719. The minimum atomic E-state index is -0.984. The lowest BCUT2D eigenvalue weighted by atomic mass is 9.96. The molecule has 6 heteroatoms. The molecule has 0 radical (unpaired) electrons. The Hall–Kier alpha value is -2.18. The Kier molecular flexibility index (Phi) is 4.67. The van der Waals surface area contributed by atoms with Gasteiger partial charge in [-0.05, 0) is 52.3 Å². The van der Waals surface area contributed by atoms with Crippen molar-refractivity contribution in [2.75, 3.05) is 6.54 Å². The Morgan fingerprint density at radius 1 is 1.28 bits per heavy atom. The molecule has 25 heavy (non-hydrogen) atoms. The summed E-state index contributed by atoms with van der Waals surface area (Å²) in [6, 6.07) is 4.26. The monoisotopic (exact) mass is 342 g/mol. The molecule has 0 saturated heterocycles. The zero-order valence-electron chi connectivity index (χ0n) is 15.5. The summed E-state index contributed by atoms with van der Waals surface area (Å²) in [5.74, 6) is 1.57. The highest BCUT2D eigenvalue weighted by Crippen LogP contribution is 2.26. The van der Waals surface area contributed by atoms with Crippen molar-refractivity contribution >= 4 is 11.0 Å². The second-order valence-electron chi connectivity index (χ2n) is 7.14. The van der Waals surface area contributed by atoms with Crippen LogP contribution in [-0.4, -0.2) is 26.4 Å². The molecular formula is C19H26N4O2. The highest BCUT2D eigenvalue weighted by Gasteiger charge is 2.27. The van der Waals surface area contributed by atoms with E-state index in [-0.39, 0.29) is 6.04 Å². The number of aryl methyl sites for hydroxylation is 2. The van der Waals surface area contributed by atoms with Crippen LogP contribution in [0.1, 0.15) is 49.5 Å². The molecule has 0 saturated carbocycles. The number of nitrogens with zero attached hydrogens (tertiary/aromatic N) is 3. The van der Waals surface area contributed by atoms with Crippen LogP contribution in [0.5, 0.6) is 0 Å². The van der Waals surface area contributed by atoms with Crippen LogP contribution in [0.4, 0.5) is 0 Å². The third-order valence-electron chi connectivity index (χ3n) is 4.40. The van der Waals surface area contributed by atoms with Crippen LogP contribution in [0.2, 0.25) is 0 Å². The van der Waals surface area contributed by atoms with Crippen molar-refractivity contribution in [2.45, 2.75) is 52.8 Å². The third kappa shape index (κ3) is 3.60. The van der Waals surface area contributed by atoms with Crippen molar-refractivity contribution < 1.29 is 9.52 Å². The summed E-state index contributed by atoms with van der Waals surface area (Å²) in [5, 5.41) is 19.5. The first-order chi connectivity index (χ1) is 11.8. The molecule has 0 fully saturated rings. The third-order valence-corrected chi connectivity index (χ3v) is 4.40. The molecule has 0 aliphatic heterocycles. The predicted molar refractivity (Wildman–Crippen MR) is 97.4 cm³/mol. The summed E-state index contributed by atoms with van der Waals surface area (Å²) in [5.41, 5.74) is 1.80. The fourth-order valence-electron chi connectivity index (χ4n) is 3.17. The molecule has 0 aliphatic rings. The topological polar surface area (TPSA) is 76.1 Å². The molecule has 0 spiro atoms. The van der Waals surface area contributed by atoms with Crippen LogP contribution < -0.4 is 5.32 Å². The number of pyridine rings is 1. The lowest BCUT2D eigenvalue weighted by Gasteiger charge is -2.23. The van der Waals surface area contributed by atoms with Gasteiger partial charge in [0, 0.05) is 36.3 Å². The average Bonchev–Trinajstić information content (AvgIpc) is 3.10. The molecule has 0 amide bonds. The van der Waals surface area contributed by atoms with E-state index in [2.05, 4.69) is 35.3 Å². The summed E-state index contributed by atoms with van der Waals surface area (Å²) >= 11 is 0. The molecular weight excluding hydrogens is 316 g/mol. The van der Waals surface area contributed by atoms with Crippen molar-refractivity contribution in [1.82, 2.24) is 20.1 Å².